The predicted molar refractivity (Wildman–Crippen MR) is 342 cm³/mol. The second-order valence-corrected chi connectivity index (χ2v) is 28.6. The molecule has 2 saturated carbocycles. The molecule has 0 unspecified atom stereocenters. The van der Waals surface area contributed by atoms with Crippen molar-refractivity contribution in [2.24, 2.45) is 28.6 Å². The van der Waals surface area contributed by atoms with Crippen LogP contribution in [0.2, 0.25) is 0 Å². The number of cyclic esters (lactones) is 1. The van der Waals surface area contributed by atoms with Crippen LogP contribution in [0.25, 0.3) is 0 Å². The lowest BCUT2D eigenvalue weighted by molar-refractivity contribution is -0.364. The third-order valence-electron chi connectivity index (χ3n) is 21.3. The first-order valence-corrected chi connectivity index (χ1v) is 33.1. The van der Waals surface area contributed by atoms with Crippen LogP contribution in [0.3, 0.4) is 0 Å². The molecule has 1 amide bonds. The van der Waals surface area contributed by atoms with Crippen molar-refractivity contribution in [3.05, 3.63) is 124 Å². The van der Waals surface area contributed by atoms with Gasteiger partial charge in [-0.2, -0.15) is 0 Å². The second-order valence-electron chi connectivity index (χ2n) is 28.6. The number of esters is 4. The summed E-state index contributed by atoms with van der Waals surface area (Å²) in [5.41, 5.74) is -6.12. The van der Waals surface area contributed by atoms with Crippen LogP contribution in [-0.4, -0.2) is 203 Å². The maximum atomic E-state index is 14.9. The Morgan fingerprint density at radius 1 is 0.800 bits per heavy atom. The number of hydrogen-bond acceptors (Lipinski definition) is 27. The molecule has 4 saturated heterocycles. The van der Waals surface area contributed by atoms with Gasteiger partial charge in [0.2, 0.25) is 12.5 Å². The van der Waals surface area contributed by atoms with Crippen LogP contribution in [0.4, 0.5) is 4.79 Å². The topological polar surface area (TPSA) is 385 Å². The zero-order chi connectivity index (χ0) is 72.0. The Kier molecular flexibility index (Phi) is 19.4. The number of fused-ring (bicyclic) bond motifs is 9. The Morgan fingerprint density at radius 3 is 2.05 bits per heavy atom. The highest BCUT2D eigenvalue weighted by molar-refractivity contribution is 5.94. The highest BCUT2D eigenvalue weighted by atomic mass is 16.8. The van der Waals surface area contributed by atoms with Crippen LogP contribution in [0.5, 0.6) is 28.7 Å². The number of rotatable bonds is 13. The van der Waals surface area contributed by atoms with Gasteiger partial charge < -0.3 is 107 Å². The van der Waals surface area contributed by atoms with Crippen molar-refractivity contribution in [3.63, 3.8) is 0 Å². The lowest BCUT2D eigenvalue weighted by Crippen LogP contribution is -2.81. The molecular weight excluding hydrogens is 1310 g/mol. The number of amides is 1. The van der Waals surface area contributed by atoms with Gasteiger partial charge in [-0.05, 0) is 111 Å². The number of benzene rings is 4. The van der Waals surface area contributed by atoms with Gasteiger partial charge in [0.15, 0.2) is 53.1 Å². The minimum Gasteiger partial charge on any atom is -0.502 e. The van der Waals surface area contributed by atoms with Crippen molar-refractivity contribution >= 4 is 35.8 Å². The van der Waals surface area contributed by atoms with E-state index in [1.54, 1.807) is 114 Å². The van der Waals surface area contributed by atoms with Gasteiger partial charge in [-0.15, -0.1) is 0 Å². The summed E-state index contributed by atoms with van der Waals surface area (Å²) in [5, 5.41) is 84.1. The number of aliphatic hydroxyl groups is 6. The minimum atomic E-state index is -2.35. The molecule has 28 heteroatoms. The molecule has 13 rings (SSSR count). The van der Waals surface area contributed by atoms with Gasteiger partial charge >= 0.3 is 30.0 Å². The summed E-state index contributed by atoms with van der Waals surface area (Å²) in [6, 6.07) is 21.6. The summed E-state index contributed by atoms with van der Waals surface area (Å²) >= 11 is 0. The third-order valence-corrected chi connectivity index (χ3v) is 21.3. The number of carbonyl (C=O) groups is 6. The minimum absolute atomic E-state index is 0.0301. The number of phenols is 1. The number of ketones is 1. The molecule has 540 valence electrons. The first kappa shape index (κ1) is 71.8. The van der Waals surface area contributed by atoms with Crippen molar-refractivity contribution in [1.82, 2.24) is 5.32 Å². The smallest absolute Gasteiger partial charge is 0.408 e. The molecule has 4 aromatic carbocycles. The van der Waals surface area contributed by atoms with Crippen molar-refractivity contribution < 1.29 is 131 Å². The number of hydrogen-bond donors (Lipinski definition) is 8. The summed E-state index contributed by atoms with van der Waals surface area (Å²) in [7, 11) is 2.86. The van der Waals surface area contributed by atoms with Crippen molar-refractivity contribution in [2.75, 3.05) is 40.8 Å². The van der Waals surface area contributed by atoms with E-state index in [0.29, 0.717) is 33.8 Å². The van der Waals surface area contributed by atoms with E-state index in [0.717, 1.165) is 6.92 Å². The fraction of sp³-hybridized carbons (Fsp3) is 0.556. The van der Waals surface area contributed by atoms with Crippen LogP contribution in [0.1, 0.15) is 126 Å². The van der Waals surface area contributed by atoms with Crippen molar-refractivity contribution in [2.45, 2.75) is 184 Å². The number of aromatic hydroxyl groups is 1. The zero-order valence-electron chi connectivity index (χ0n) is 57.0. The molecule has 2 bridgehead atoms. The largest absolute Gasteiger partial charge is 0.502 e. The van der Waals surface area contributed by atoms with Crippen molar-refractivity contribution in [3.8, 4) is 28.7 Å². The van der Waals surface area contributed by atoms with Gasteiger partial charge in [0.1, 0.15) is 60.0 Å². The summed E-state index contributed by atoms with van der Waals surface area (Å²) in [4.78, 5) is 82.3. The number of aliphatic hydroxyl groups excluding tert-OH is 5. The van der Waals surface area contributed by atoms with E-state index in [4.69, 9.17) is 66.3 Å². The molecule has 28 nitrogen and oxygen atoms in total. The number of alkyl carbamates (subject to hydrolysis) is 1. The average molecular weight is 1400 g/mol. The van der Waals surface area contributed by atoms with E-state index in [1.807, 2.05) is 0 Å². The van der Waals surface area contributed by atoms with Gasteiger partial charge in [-0.3, -0.25) is 14.4 Å². The van der Waals surface area contributed by atoms with E-state index in [-0.39, 0.29) is 67.0 Å². The second kappa shape index (κ2) is 27.1. The van der Waals surface area contributed by atoms with Gasteiger partial charge in [0.25, 0.3) is 0 Å². The first-order chi connectivity index (χ1) is 47.3. The molecule has 4 aliphatic carbocycles. The van der Waals surface area contributed by atoms with Gasteiger partial charge in [-0.25, -0.2) is 14.4 Å². The Bertz CT molecular complexity index is 3810. The van der Waals surface area contributed by atoms with Crippen LogP contribution in [-0.2, 0) is 66.5 Å². The monoisotopic (exact) mass is 1400 g/mol. The molecule has 4 aromatic rings. The van der Waals surface area contributed by atoms with E-state index >= 15 is 0 Å². The number of Topliss-reactive ketones (excluding diaryl/α,β-unsaturated/α-hetero) is 1. The number of methoxy groups -OCH3 is 2. The fourth-order valence-electron chi connectivity index (χ4n) is 16.3. The zero-order valence-corrected chi connectivity index (χ0v) is 57.0. The standard InChI is InChI=1S/C43H53NO14.C29H32O13/c1-22-26(55-37(51)32(48)30(24-15-11-9-12-16-24)44-38(52)58-39(3,4)5)20-43(53)35(56-36(50)25-17-13-10-14-18-25)33-41(8,34(49)31(47)29(22)40(43,6)7)27(46)19-28-42(33,21-54-28)57-23(2)45;1-11-36-9-20-27(40-11)24(31)25(32)29(41-20)42-26-14-7-17-16(38-10-39-17)6-13(14)21(22-15(26)8-37-28(22)33)12-4-18(34-2)23(30)19(5-12)35-3/h9-18,26-28,30-33,35,46-48,53H,19-21H2,1-8H3,(H,44,52);4-7,11,15,20-22,24-27,29-32H,8-10H2,1-3H3/t26-,27-,28+,30-,31+,32+,33-,35-,41+,42-,43+;11-,15+,20-,21-,22+,24-,25-,26-,27-,29+/m01/s1. The number of nitrogens with one attached hydrogen (secondary N) is 1. The normalized spacial score (nSPS) is 34.9. The Balaban J connectivity index is 0.000000199. The van der Waals surface area contributed by atoms with E-state index in [2.05, 4.69) is 5.32 Å². The summed E-state index contributed by atoms with van der Waals surface area (Å²) in [6.07, 6.45) is -18.3. The molecule has 21 atom stereocenters. The summed E-state index contributed by atoms with van der Waals surface area (Å²) in [5.74, 6) is -6.39. The molecule has 8 N–H and O–H groups in total. The van der Waals surface area contributed by atoms with Crippen molar-refractivity contribution in [1.29, 1.82) is 0 Å². The molecule has 5 aliphatic heterocycles. The Morgan fingerprint density at radius 2 is 1.44 bits per heavy atom. The summed E-state index contributed by atoms with van der Waals surface area (Å²) in [6.45, 7) is 13.7. The first-order valence-electron chi connectivity index (χ1n) is 33.1. The highest BCUT2D eigenvalue weighted by Gasteiger charge is 2.78. The molecule has 0 aromatic heterocycles. The van der Waals surface area contributed by atoms with E-state index in [9.17, 15) is 64.5 Å². The van der Waals surface area contributed by atoms with Crippen LogP contribution in [0, 0.1) is 28.6 Å². The molecule has 9 aliphatic rings. The molecule has 100 heavy (non-hydrogen) atoms. The Labute approximate surface area is 575 Å². The highest BCUT2D eigenvalue weighted by Crippen LogP contribution is 2.65. The maximum absolute atomic E-state index is 14.9. The van der Waals surface area contributed by atoms with E-state index in [1.165, 1.54) is 40.2 Å². The Hall–Kier alpha value is -8.00. The predicted octanol–water partition coefficient (Wildman–Crippen LogP) is 4.60. The molecule has 0 spiro atoms. The maximum Gasteiger partial charge on any atom is 0.408 e. The van der Waals surface area contributed by atoms with E-state index < -0.39 is 179 Å². The van der Waals surface area contributed by atoms with Gasteiger partial charge in [0, 0.05) is 37.0 Å². The SMILES string of the molecule is CC(=O)O[C@@]12CO[C@@H]1C[C@H](O)[C@@]1(C)C(=O)[C@H](O)C3=C(C)[C@@H](OC(=O)[C@H](O)[C@@H](NC(=O)OC(C)(C)C)c4ccccc4)C[C@@](O)([C@@H](OC(=O)c4ccccc4)[C@H]21)C3(C)C.COc1cc([C@@H]2c3cc4c(cc3[C@@H](O[C@@H]3O[C@@H]5CO[C@@H](C)O[C@H]5[C@H](O)[C@H]3O)[C@H]3COC(=O)[C@H]23)OCO4)cc(OC)c1O. The number of ether oxygens (including phenoxy) is 14. The lowest BCUT2D eigenvalue weighted by Gasteiger charge is -2.67. The number of phenolic OH excluding ortho intramolecular Hbond substituents is 1. The van der Waals surface area contributed by atoms with Crippen LogP contribution < -0.4 is 24.3 Å². The molecule has 0 radical (unpaired) electrons. The molecule has 6 fully saturated rings. The number of carbonyl (C=O) groups excluding carboxylic acids is 6. The molecule has 5 heterocycles. The van der Waals surface area contributed by atoms with Crippen LogP contribution in [0.15, 0.2) is 96.1 Å². The quantitative estimate of drug-likeness (QED) is 0.0515. The average Bonchev–Trinajstić information content (AvgIpc) is 0.804. The van der Waals surface area contributed by atoms with Crippen LogP contribution >= 0.6 is 0 Å². The fourth-order valence-corrected chi connectivity index (χ4v) is 16.3. The van der Waals surface area contributed by atoms with Gasteiger partial charge in [0.05, 0.1) is 75.1 Å². The summed E-state index contributed by atoms with van der Waals surface area (Å²) < 4.78 is 81.0. The molecular formula is C72H85NO27. The van der Waals surface area contributed by atoms with Gasteiger partial charge in [-0.1, -0.05) is 62.4 Å². The lowest BCUT2D eigenvalue weighted by atomic mass is 9.44. The third kappa shape index (κ3) is 12.4.